The lowest BCUT2D eigenvalue weighted by Gasteiger charge is -2.21. The molecule has 0 N–H and O–H groups in total. The largest absolute Gasteiger partial charge is 0.424 e. The maximum atomic E-state index is 11.7. The van der Waals surface area contributed by atoms with Crippen molar-refractivity contribution in [2.75, 3.05) is 0 Å². The van der Waals surface area contributed by atoms with Crippen molar-refractivity contribution in [2.45, 2.75) is 12.8 Å². The Hall–Kier alpha value is -3.57. The summed E-state index contributed by atoms with van der Waals surface area (Å²) in [5.74, 6) is -1.51. The Morgan fingerprint density at radius 1 is 1.04 bits per heavy atom. The molecular weight excluding hydrogens is 326 g/mol. The molecule has 0 aliphatic heterocycles. The zero-order chi connectivity index (χ0) is 18.7. The molecule has 0 amide bonds. The van der Waals surface area contributed by atoms with Crippen LogP contribution in [-0.2, 0) is 11.8 Å². The van der Waals surface area contributed by atoms with Gasteiger partial charge in [-0.1, -0.05) is 42.5 Å². The molecule has 5 nitrogen and oxygen atoms in total. The molecular formula is C21H17N3O2. The van der Waals surface area contributed by atoms with Gasteiger partial charge in [-0.3, -0.25) is 4.79 Å². The Morgan fingerprint density at radius 3 is 2.27 bits per heavy atom. The number of carbonyl (C=O) groups is 1. The van der Waals surface area contributed by atoms with Gasteiger partial charge < -0.3 is 9.30 Å². The lowest BCUT2D eigenvalue weighted by atomic mass is 9.84. The van der Waals surface area contributed by atoms with Crippen molar-refractivity contribution in [2.24, 2.45) is 13.0 Å². The quantitative estimate of drug-likeness (QED) is 0.673. The van der Waals surface area contributed by atoms with E-state index in [2.05, 4.69) is 12.1 Å². The number of hydrogen-bond acceptors (Lipinski definition) is 4. The van der Waals surface area contributed by atoms with Gasteiger partial charge >= 0.3 is 5.97 Å². The second-order valence-corrected chi connectivity index (χ2v) is 6.01. The highest BCUT2D eigenvalue weighted by molar-refractivity contribution is 5.91. The van der Waals surface area contributed by atoms with E-state index in [1.807, 2.05) is 66.2 Å². The van der Waals surface area contributed by atoms with Crippen molar-refractivity contribution in [3.8, 4) is 17.9 Å². The number of fused-ring (bicyclic) bond motifs is 1. The second-order valence-electron chi connectivity index (χ2n) is 6.01. The molecule has 1 unspecified atom stereocenters. The van der Waals surface area contributed by atoms with Gasteiger partial charge in [-0.05, 0) is 17.7 Å². The van der Waals surface area contributed by atoms with Crippen LogP contribution in [0.4, 0.5) is 0 Å². The molecule has 0 fully saturated rings. The number of ether oxygens (including phenoxy) is 1. The van der Waals surface area contributed by atoms with Crippen molar-refractivity contribution in [1.82, 2.24) is 4.57 Å². The van der Waals surface area contributed by atoms with Crippen LogP contribution in [0.25, 0.3) is 10.9 Å². The number of nitriles is 2. The van der Waals surface area contributed by atoms with E-state index in [0.29, 0.717) is 11.4 Å². The van der Waals surface area contributed by atoms with Gasteiger partial charge in [0.25, 0.3) is 0 Å². The first-order chi connectivity index (χ1) is 12.6. The molecule has 3 aromatic rings. The number of aryl methyl sites for hydroxylation is 1. The van der Waals surface area contributed by atoms with Gasteiger partial charge in [0.15, 0.2) is 5.75 Å². The van der Waals surface area contributed by atoms with Crippen molar-refractivity contribution in [3.63, 3.8) is 0 Å². The summed E-state index contributed by atoms with van der Waals surface area (Å²) >= 11 is 0. The number of para-hydroxylation sites is 1. The zero-order valence-electron chi connectivity index (χ0n) is 14.5. The van der Waals surface area contributed by atoms with E-state index in [-0.39, 0.29) is 0 Å². The summed E-state index contributed by atoms with van der Waals surface area (Å²) in [5, 5.41) is 19.9. The average molecular weight is 343 g/mol. The third kappa shape index (κ3) is 2.92. The highest BCUT2D eigenvalue weighted by Crippen LogP contribution is 2.42. The van der Waals surface area contributed by atoms with Crippen molar-refractivity contribution >= 4 is 16.9 Å². The van der Waals surface area contributed by atoms with Gasteiger partial charge in [0, 0.05) is 19.4 Å². The summed E-state index contributed by atoms with van der Waals surface area (Å²) < 4.78 is 7.44. The number of rotatable bonds is 4. The molecule has 0 aliphatic rings. The molecule has 2 aromatic carbocycles. The molecule has 1 atom stereocenters. The molecule has 5 heteroatoms. The number of esters is 1. The minimum Gasteiger partial charge on any atom is -0.424 e. The lowest BCUT2D eigenvalue weighted by molar-refractivity contribution is -0.131. The molecule has 0 saturated heterocycles. The Morgan fingerprint density at radius 2 is 1.65 bits per heavy atom. The summed E-state index contributed by atoms with van der Waals surface area (Å²) in [6, 6.07) is 21.1. The number of hydrogen-bond donors (Lipinski definition) is 0. The lowest BCUT2D eigenvalue weighted by Crippen LogP contribution is -2.16. The minimum absolute atomic E-state index is 0.403. The number of nitrogens with zero attached hydrogens (tertiary/aromatic N) is 3. The molecule has 0 aliphatic carbocycles. The number of benzene rings is 2. The SMILES string of the molecule is CC(=O)Oc1c(C(c2ccccc2)C(C#N)C#N)n(C)c2ccccc12. The van der Waals surface area contributed by atoms with E-state index in [0.717, 1.165) is 16.5 Å². The Labute approximate surface area is 151 Å². The fourth-order valence-corrected chi connectivity index (χ4v) is 3.33. The molecule has 26 heavy (non-hydrogen) atoms. The number of carbonyl (C=O) groups excluding carboxylic acids is 1. The first kappa shape index (κ1) is 17.3. The molecule has 0 saturated carbocycles. The average Bonchev–Trinajstić information content (AvgIpc) is 2.92. The van der Waals surface area contributed by atoms with Gasteiger partial charge in [0.1, 0.15) is 5.92 Å². The minimum atomic E-state index is -0.922. The van der Waals surface area contributed by atoms with Crippen LogP contribution in [0.1, 0.15) is 24.1 Å². The molecule has 0 radical (unpaired) electrons. The van der Waals surface area contributed by atoms with Crippen LogP contribution in [0, 0.1) is 28.6 Å². The summed E-state index contributed by atoms with van der Waals surface area (Å²) in [6.07, 6.45) is 0. The van der Waals surface area contributed by atoms with E-state index < -0.39 is 17.8 Å². The highest BCUT2D eigenvalue weighted by atomic mass is 16.5. The van der Waals surface area contributed by atoms with Gasteiger partial charge in [-0.15, -0.1) is 0 Å². The molecule has 1 heterocycles. The zero-order valence-corrected chi connectivity index (χ0v) is 14.5. The van der Waals surface area contributed by atoms with Crippen LogP contribution in [0.15, 0.2) is 54.6 Å². The molecule has 0 spiro atoms. The van der Waals surface area contributed by atoms with Crippen molar-refractivity contribution < 1.29 is 9.53 Å². The fourth-order valence-electron chi connectivity index (χ4n) is 3.33. The van der Waals surface area contributed by atoms with E-state index in [9.17, 15) is 15.3 Å². The maximum Gasteiger partial charge on any atom is 0.308 e. The third-order valence-electron chi connectivity index (χ3n) is 4.41. The summed E-state index contributed by atoms with van der Waals surface area (Å²) in [5.41, 5.74) is 2.33. The van der Waals surface area contributed by atoms with Crippen LogP contribution in [0.5, 0.6) is 5.75 Å². The number of aromatic nitrogens is 1. The van der Waals surface area contributed by atoms with Crippen molar-refractivity contribution in [1.29, 1.82) is 10.5 Å². The van der Waals surface area contributed by atoms with E-state index in [1.165, 1.54) is 6.92 Å². The Kier molecular flexibility index (Phi) is 4.73. The van der Waals surface area contributed by atoms with E-state index in [1.54, 1.807) is 0 Å². The second kappa shape index (κ2) is 7.13. The van der Waals surface area contributed by atoms with Gasteiger partial charge in [0.2, 0.25) is 0 Å². The normalized spacial score (nSPS) is 11.7. The highest BCUT2D eigenvalue weighted by Gasteiger charge is 2.32. The van der Waals surface area contributed by atoms with E-state index in [4.69, 9.17) is 4.74 Å². The Bertz CT molecular complexity index is 1020. The monoisotopic (exact) mass is 343 g/mol. The van der Waals surface area contributed by atoms with Gasteiger partial charge in [-0.25, -0.2) is 0 Å². The van der Waals surface area contributed by atoms with Crippen LogP contribution in [0.3, 0.4) is 0 Å². The molecule has 3 rings (SSSR count). The smallest absolute Gasteiger partial charge is 0.308 e. The van der Waals surface area contributed by atoms with Gasteiger partial charge in [-0.2, -0.15) is 10.5 Å². The van der Waals surface area contributed by atoms with E-state index >= 15 is 0 Å². The van der Waals surface area contributed by atoms with Crippen LogP contribution in [0.2, 0.25) is 0 Å². The molecule has 1 aromatic heterocycles. The first-order valence-electron chi connectivity index (χ1n) is 8.18. The summed E-state index contributed by atoms with van der Waals surface area (Å²) in [7, 11) is 1.85. The maximum absolute atomic E-state index is 11.7. The predicted molar refractivity (Wildman–Crippen MR) is 97.2 cm³/mol. The first-order valence-corrected chi connectivity index (χ1v) is 8.18. The van der Waals surface area contributed by atoms with Crippen LogP contribution >= 0.6 is 0 Å². The molecule has 0 bridgehead atoms. The molecule has 128 valence electrons. The van der Waals surface area contributed by atoms with Gasteiger partial charge in [0.05, 0.1) is 29.3 Å². The van der Waals surface area contributed by atoms with Crippen molar-refractivity contribution in [3.05, 3.63) is 65.9 Å². The fraction of sp³-hybridized carbons (Fsp3) is 0.190. The predicted octanol–water partition coefficient (Wildman–Crippen LogP) is 3.90. The topological polar surface area (TPSA) is 78.8 Å². The standard InChI is InChI=1S/C21H17N3O2/c1-14(25)26-21-17-10-6-7-11-18(17)24(2)20(21)19(16(12-22)13-23)15-8-4-3-5-9-15/h3-11,16,19H,1-2H3. The third-order valence-corrected chi connectivity index (χ3v) is 4.41. The summed E-state index contributed by atoms with van der Waals surface area (Å²) in [6.45, 7) is 1.34. The Balaban J connectivity index is 2.36. The summed E-state index contributed by atoms with van der Waals surface area (Å²) in [4.78, 5) is 11.7. The van der Waals surface area contributed by atoms with Crippen LogP contribution in [-0.4, -0.2) is 10.5 Å². The van der Waals surface area contributed by atoms with Crippen LogP contribution < -0.4 is 4.74 Å².